The van der Waals surface area contributed by atoms with E-state index in [1.54, 1.807) is 12.1 Å². The summed E-state index contributed by atoms with van der Waals surface area (Å²) in [5.74, 6) is 0.0581. The SMILES string of the molecule is CC1CCC(CNCc2cccc(F)c2F)CC1. The molecule has 100 valence electrons. The summed E-state index contributed by atoms with van der Waals surface area (Å²) in [6, 6.07) is 4.34. The van der Waals surface area contributed by atoms with Gasteiger partial charge in [-0.15, -0.1) is 0 Å². The molecule has 1 aliphatic rings. The van der Waals surface area contributed by atoms with Crippen LogP contribution in [0.3, 0.4) is 0 Å². The molecule has 1 fully saturated rings. The Morgan fingerprint density at radius 3 is 2.61 bits per heavy atom. The molecule has 1 aromatic rings. The van der Waals surface area contributed by atoms with Crippen molar-refractivity contribution in [2.75, 3.05) is 6.54 Å². The van der Waals surface area contributed by atoms with Crippen molar-refractivity contribution in [2.45, 2.75) is 39.2 Å². The van der Waals surface area contributed by atoms with E-state index in [2.05, 4.69) is 12.2 Å². The molecule has 0 radical (unpaired) electrons. The first-order chi connectivity index (χ1) is 8.66. The fourth-order valence-electron chi connectivity index (χ4n) is 2.63. The van der Waals surface area contributed by atoms with Crippen LogP contribution in [0.4, 0.5) is 8.78 Å². The molecule has 0 amide bonds. The van der Waals surface area contributed by atoms with Crippen molar-refractivity contribution in [1.82, 2.24) is 5.32 Å². The Balaban J connectivity index is 1.77. The van der Waals surface area contributed by atoms with Crippen molar-refractivity contribution < 1.29 is 8.78 Å². The molecule has 3 heteroatoms. The van der Waals surface area contributed by atoms with E-state index in [-0.39, 0.29) is 0 Å². The van der Waals surface area contributed by atoms with Crippen LogP contribution in [0.2, 0.25) is 0 Å². The summed E-state index contributed by atoms with van der Waals surface area (Å²) in [5.41, 5.74) is 0.416. The summed E-state index contributed by atoms with van der Waals surface area (Å²) in [6.45, 7) is 3.62. The van der Waals surface area contributed by atoms with E-state index < -0.39 is 11.6 Å². The summed E-state index contributed by atoms with van der Waals surface area (Å²) in [4.78, 5) is 0. The molecule has 0 heterocycles. The van der Waals surface area contributed by atoms with Crippen LogP contribution in [-0.4, -0.2) is 6.54 Å². The lowest BCUT2D eigenvalue weighted by Crippen LogP contribution is -2.26. The van der Waals surface area contributed by atoms with Gasteiger partial charge in [0, 0.05) is 12.1 Å². The monoisotopic (exact) mass is 253 g/mol. The highest BCUT2D eigenvalue weighted by atomic mass is 19.2. The topological polar surface area (TPSA) is 12.0 Å². The smallest absolute Gasteiger partial charge is 0.163 e. The molecule has 0 spiro atoms. The molecule has 18 heavy (non-hydrogen) atoms. The first-order valence-corrected chi connectivity index (χ1v) is 6.80. The molecule has 1 aromatic carbocycles. The summed E-state index contributed by atoms with van der Waals surface area (Å²) >= 11 is 0. The second-order valence-electron chi connectivity index (χ2n) is 5.47. The van der Waals surface area contributed by atoms with E-state index in [1.165, 1.54) is 25.7 Å². The highest BCUT2D eigenvalue weighted by Crippen LogP contribution is 2.27. The second kappa shape index (κ2) is 6.28. The van der Waals surface area contributed by atoms with E-state index in [4.69, 9.17) is 0 Å². The van der Waals surface area contributed by atoms with E-state index in [0.717, 1.165) is 18.5 Å². The zero-order valence-electron chi connectivity index (χ0n) is 10.9. The molecule has 0 atom stereocenters. The summed E-state index contributed by atoms with van der Waals surface area (Å²) < 4.78 is 26.4. The minimum absolute atomic E-state index is 0.412. The zero-order chi connectivity index (χ0) is 13.0. The Bertz CT molecular complexity index is 384. The molecule has 1 aliphatic carbocycles. The number of hydrogen-bond donors (Lipinski definition) is 1. The average Bonchev–Trinajstić information content (AvgIpc) is 2.37. The number of halogens is 2. The fraction of sp³-hybridized carbons (Fsp3) is 0.600. The maximum atomic E-state index is 13.4. The minimum atomic E-state index is -0.763. The van der Waals surface area contributed by atoms with Gasteiger partial charge in [-0.05, 0) is 37.3 Å². The van der Waals surface area contributed by atoms with Gasteiger partial charge in [0.25, 0.3) is 0 Å². The molecular weight excluding hydrogens is 232 g/mol. The molecule has 1 saturated carbocycles. The van der Waals surface area contributed by atoms with Crippen LogP contribution in [-0.2, 0) is 6.54 Å². The van der Waals surface area contributed by atoms with Crippen LogP contribution in [0.25, 0.3) is 0 Å². The number of nitrogens with one attached hydrogen (secondary N) is 1. The Kier molecular flexibility index (Phi) is 4.70. The molecular formula is C15H21F2N. The Morgan fingerprint density at radius 2 is 1.89 bits per heavy atom. The van der Waals surface area contributed by atoms with Gasteiger partial charge in [0.1, 0.15) is 0 Å². The highest BCUT2D eigenvalue weighted by Gasteiger charge is 2.17. The molecule has 0 unspecified atom stereocenters. The lowest BCUT2D eigenvalue weighted by Gasteiger charge is -2.26. The quantitative estimate of drug-likeness (QED) is 0.858. The second-order valence-corrected chi connectivity index (χ2v) is 5.47. The van der Waals surface area contributed by atoms with Crippen LogP contribution in [0, 0.1) is 23.5 Å². The Hall–Kier alpha value is -0.960. The van der Waals surface area contributed by atoms with Crippen LogP contribution in [0.1, 0.15) is 38.2 Å². The van der Waals surface area contributed by atoms with Gasteiger partial charge < -0.3 is 5.32 Å². The maximum Gasteiger partial charge on any atom is 0.163 e. The van der Waals surface area contributed by atoms with Crippen molar-refractivity contribution in [3.8, 4) is 0 Å². The van der Waals surface area contributed by atoms with Gasteiger partial charge in [-0.2, -0.15) is 0 Å². The standard InChI is InChI=1S/C15H21F2N/c1-11-5-7-12(8-6-11)9-18-10-13-3-2-4-14(16)15(13)17/h2-4,11-12,18H,5-10H2,1H3. The molecule has 0 saturated heterocycles. The minimum Gasteiger partial charge on any atom is -0.312 e. The normalized spacial score (nSPS) is 24.2. The number of hydrogen-bond acceptors (Lipinski definition) is 1. The number of rotatable bonds is 4. The third-order valence-electron chi connectivity index (χ3n) is 3.92. The fourth-order valence-corrected chi connectivity index (χ4v) is 2.63. The van der Waals surface area contributed by atoms with Crippen molar-refractivity contribution in [2.24, 2.45) is 11.8 Å². The first-order valence-electron chi connectivity index (χ1n) is 6.80. The third-order valence-corrected chi connectivity index (χ3v) is 3.92. The Labute approximate surface area is 108 Å². The summed E-state index contributed by atoms with van der Waals surface area (Å²) in [5, 5.41) is 3.25. The van der Waals surface area contributed by atoms with Crippen LogP contribution >= 0.6 is 0 Å². The zero-order valence-corrected chi connectivity index (χ0v) is 10.9. The van der Waals surface area contributed by atoms with Crippen molar-refractivity contribution in [3.05, 3.63) is 35.4 Å². The Morgan fingerprint density at radius 1 is 1.17 bits per heavy atom. The van der Waals surface area contributed by atoms with Crippen LogP contribution in [0.5, 0.6) is 0 Å². The van der Waals surface area contributed by atoms with Gasteiger partial charge in [0.15, 0.2) is 11.6 Å². The van der Waals surface area contributed by atoms with Crippen LogP contribution < -0.4 is 5.32 Å². The largest absolute Gasteiger partial charge is 0.312 e. The maximum absolute atomic E-state index is 13.4. The first kappa shape index (κ1) is 13.5. The third kappa shape index (κ3) is 3.52. The van der Waals surface area contributed by atoms with Crippen molar-refractivity contribution >= 4 is 0 Å². The lowest BCUT2D eigenvalue weighted by atomic mass is 9.83. The van der Waals surface area contributed by atoms with Gasteiger partial charge in [-0.1, -0.05) is 31.9 Å². The van der Waals surface area contributed by atoms with E-state index in [0.29, 0.717) is 18.0 Å². The van der Waals surface area contributed by atoms with Crippen LogP contribution in [0.15, 0.2) is 18.2 Å². The summed E-state index contributed by atoms with van der Waals surface area (Å²) in [6.07, 6.45) is 5.08. The number of benzene rings is 1. The van der Waals surface area contributed by atoms with Gasteiger partial charge >= 0.3 is 0 Å². The van der Waals surface area contributed by atoms with Gasteiger partial charge in [-0.25, -0.2) is 8.78 Å². The average molecular weight is 253 g/mol. The summed E-state index contributed by atoms with van der Waals surface area (Å²) in [7, 11) is 0. The van der Waals surface area contributed by atoms with Crippen molar-refractivity contribution in [3.63, 3.8) is 0 Å². The van der Waals surface area contributed by atoms with Gasteiger partial charge in [0.2, 0.25) is 0 Å². The molecule has 0 bridgehead atoms. The van der Waals surface area contributed by atoms with Gasteiger partial charge in [-0.3, -0.25) is 0 Å². The predicted octanol–water partition coefficient (Wildman–Crippen LogP) is 3.88. The van der Waals surface area contributed by atoms with E-state index in [1.807, 2.05) is 0 Å². The molecule has 2 rings (SSSR count). The highest BCUT2D eigenvalue weighted by molar-refractivity contribution is 5.18. The lowest BCUT2D eigenvalue weighted by molar-refractivity contribution is 0.281. The molecule has 0 aliphatic heterocycles. The molecule has 1 nitrogen and oxygen atoms in total. The van der Waals surface area contributed by atoms with Gasteiger partial charge in [0.05, 0.1) is 0 Å². The van der Waals surface area contributed by atoms with Crippen molar-refractivity contribution in [1.29, 1.82) is 0 Å². The molecule has 0 aromatic heterocycles. The van der Waals surface area contributed by atoms with E-state index in [9.17, 15) is 8.78 Å². The van der Waals surface area contributed by atoms with E-state index >= 15 is 0 Å². The predicted molar refractivity (Wildman–Crippen MR) is 69.2 cm³/mol. The molecule has 1 N–H and O–H groups in total.